The zero-order valence-electron chi connectivity index (χ0n) is 12.1. The first-order chi connectivity index (χ1) is 8.90. The molecular formula is C15H19N3O. The molecule has 0 fully saturated rings. The standard InChI is InChI=1S/C15H19N3O/c1-10-8-11(2)14(12(3)9-10)16-13-6-7-17(4)15(19)18(13)5/h6-9H,1-5H3/b16-13-. The second kappa shape index (κ2) is 4.88. The molecule has 0 radical (unpaired) electrons. The maximum absolute atomic E-state index is 11.9. The number of aryl methyl sites for hydroxylation is 4. The van der Waals surface area contributed by atoms with Crippen molar-refractivity contribution in [3.05, 3.63) is 57.1 Å². The summed E-state index contributed by atoms with van der Waals surface area (Å²) >= 11 is 0. The van der Waals surface area contributed by atoms with Crippen LogP contribution in [0.2, 0.25) is 0 Å². The van der Waals surface area contributed by atoms with E-state index in [0.717, 1.165) is 16.8 Å². The van der Waals surface area contributed by atoms with Crippen LogP contribution in [0.15, 0.2) is 34.2 Å². The van der Waals surface area contributed by atoms with Crippen LogP contribution < -0.4 is 11.2 Å². The minimum absolute atomic E-state index is 0.0799. The predicted octanol–water partition coefficient (Wildman–Crippen LogP) is 1.88. The van der Waals surface area contributed by atoms with E-state index in [9.17, 15) is 4.79 Å². The molecule has 1 aromatic carbocycles. The topological polar surface area (TPSA) is 39.3 Å². The van der Waals surface area contributed by atoms with Gasteiger partial charge in [0.25, 0.3) is 0 Å². The molecule has 0 N–H and O–H groups in total. The van der Waals surface area contributed by atoms with Gasteiger partial charge in [0.1, 0.15) is 5.49 Å². The van der Waals surface area contributed by atoms with E-state index < -0.39 is 0 Å². The van der Waals surface area contributed by atoms with Gasteiger partial charge in [-0.15, -0.1) is 0 Å². The fourth-order valence-electron chi connectivity index (χ4n) is 2.26. The number of hydrogen-bond donors (Lipinski definition) is 0. The second-order valence-electron chi connectivity index (χ2n) is 4.99. The minimum atomic E-state index is -0.0799. The molecule has 1 heterocycles. The molecule has 0 saturated carbocycles. The van der Waals surface area contributed by atoms with Gasteiger partial charge in [-0.2, -0.15) is 0 Å². The van der Waals surface area contributed by atoms with Gasteiger partial charge < -0.3 is 4.57 Å². The van der Waals surface area contributed by atoms with Crippen molar-refractivity contribution in [2.45, 2.75) is 20.8 Å². The van der Waals surface area contributed by atoms with Gasteiger partial charge >= 0.3 is 5.69 Å². The Hall–Kier alpha value is -2.10. The molecular weight excluding hydrogens is 238 g/mol. The molecule has 1 aromatic heterocycles. The molecule has 0 aliphatic rings. The van der Waals surface area contributed by atoms with Crippen LogP contribution in [0.25, 0.3) is 0 Å². The van der Waals surface area contributed by atoms with E-state index in [-0.39, 0.29) is 5.69 Å². The Morgan fingerprint density at radius 1 is 1.05 bits per heavy atom. The van der Waals surface area contributed by atoms with Crippen molar-refractivity contribution >= 4 is 5.69 Å². The van der Waals surface area contributed by atoms with Gasteiger partial charge in [-0.05, 0) is 38.0 Å². The van der Waals surface area contributed by atoms with E-state index in [2.05, 4.69) is 24.0 Å². The summed E-state index contributed by atoms with van der Waals surface area (Å²) in [5.74, 6) is 0. The van der Waals surface area contributed by atoms with E-state index in [1.807, 2.05) is 19.9 Å². The molecule has 0 amide bonds. The number of rotatable bonds is 1. The molecule has 0 spiro atoms. The minimum Gasteiger partial charge on any atom is -0.304 e. The zero-order valence-corrected chi connectivity index (χ0v) is 12.1. The van der Waals surface area contributed by atoms with Crippen molar-refractivity contribution in [2.24, 2.45) is 19.1 Å². The van der Waals surface area contributed by atoms with Crippen LogP contribution >= 0.6 is 0 Å². The predicted molar refractivity (Wildman–Crippen MR) is 76.5 cm³/mol. The second-order valence-corrected chi connectivity index (χ2v) is 4.99. The molecule has 100 valence electrons. The van der Waals surface area contributed by atoms with Gasteiger partial charge in [-0.25, -0.2) is 9.79 Å². The molecule has 0 unspecified atom stereocenters. The smallest absolute Gasteiger partial charge is 0.304 e. The first-order valence-electron chi connectivity index (χ1n) is 6.25. The average molecular weight is 257 g/mol. The number of hydrogen-bond acceptors (Lipinski definition) is 2. The Kier molecular flexibility index (Phi) is 3.42. The summed E-state index contributed by atoms with van der Waals surface area (Å²) in [4.78, 5) is 16.5. The fraction of sp³-hybridized carbons (Fsp3) is 0.333. The quantitative estimate of drug-likeness (QED) is 0.769. The van der Waals surface area contributed by atoms with E-state index in [1.54, 1.807) is 24.9 Å². The van der Waals surface area contributed by atoms with E-state index in [1.165, 1.54) is 10.1 Å². The first-order valence-corrected chi connectivity index (χ1v) is 6.25. The van der Waals surface area contributed by atoms with Crippen LogP contribution in [-0.4, -0.2) is 9.13 Å². The third kappa shape index (κ3) is 2.52. The maximum atomic E-state index is 11.9. The number of benzene rings is 1. The summed E-state index contributed by atoms with van der Waals surface area (Å²) in [6.07, 6.45) is 1.74. The number of aromatic nitrogens is 2. The molecule has 0 saturated heterocycles. The van der Waals surface area contributed by atoms with Crippen molar-refractivity contribution in [2.75, 3.05) is 0 Å². The van der Waals surface area contributed by atoms with Gasteiger partial charge in [0.05, 0.1) is 5.69 Å². The highest BCUT2D eigenvalue weighted by Crippen LogP contribution is 2.24. The Morgan fingerprint density at radius 3 is 2.21 bits per heavy atom. The molecule has 19 heavy (non-hydrogen) atoms. The van der Waals surface area contributed by atoms with E-state index in [4.69, 9.17) is 0 Å². The summed E-state index contributed by atoms with van der Waals surface area (Å²) in [5, 5.41) is 0. The Balaban J connectivity index is 2.73. The molecule has 2 aromatic rings. The lowest BCUT2D eigenvalue weighted by molar-refractivity contribution is 0.675. The van der Waals surface area contributed by atoms with Gasteiger partial charge in [0.2, 0.25) is 0 Å². The van der Waals surface area contributed by atoms with Gasteiger partial charge in [-0.1, -0.05) is 17.7 Å². The summed E-state index contributed by atoms with van der Waals surface area (Å²) in [5.41, 5.74) is 5.00. The van der Waals surface area contributed by atoms with Gasteiger partial charge in [0, 0.05) is 20.3 Å². The van der Waals surface area contributed by atoms with Gasteiger partial charge in [0.15, 0.2) is 0 Å². The van der Waals surface area contributed by atoms with Crippen molar-refractivity contribution in [3.63, 3.8) is 0 Å². The summed E-state index contributed by atoms with van der Waals surface area (Å²) in [6, 6.07) is 6.06. The average Bonchev–Trinajstić information content (AvgIpc) is 2.33. The largest absolute Gasteiger partial charge is 0.329 e. The lowest BCUT2D eigenvalue weighted by Gasteiger charge is -2.08. The molecule has 2 rings (SSSR count). The molecule has 0 atom stereocenters. The van der Waals surface area contributed by atoms with Crippen LogP contribution in [0.3, 0.4) is 0 Å². The summed E-state index contributed by atoms with van der Waals surface area (Å²) in [7, 11) is 3.47. The monoisotopic (exact) mass is 257 g/mol. The Bertz CT molecular complexity index is 728. The zero-order chi connectivity index (χ0) is 14.2. The molecule has 4 nitrogen and oxygen atoms in total. The van der Waals surface area contributed by atoms with Crippen LogP contribution in [0.4, 0.5) is 5.69 Å². The Morgan fingerprint density at radius 2 is 1.63 bits per heavy atom. The molecule has 0 bridgehead atoms. The summed E-state index contributed by atoms with van der Waals surface area (Å²) < 4.78 is 3.09. The van der Waals surface area contributed by atoms with Crippen LogP contribution in [0.5, 0.6) is 0 Å². The first kappa shape index (κ1) is 13.3. The number of nitrogens with zero attached hydrogens (tertiary/aromatic N) is 3. The summed E-state index contributed by atoms with van der Waals surface area (Å²) in [6.45, 7) is 6.15. The molecule has 0 aliphatic heterocycles. The third-order valence-electron chi connectivity index (χ3n) is 3.24. The Labute approximate surface area is 112 Å². The van der Waals surface area contributed by atoms with Crippen molar-refractivity contribution < 1.29 is 0 Å². The van der Waals surface area contributed by atoms with Gasteiger partial charge in [-0.3, -0.25) is 4.57 Å². The fourth-order valence-corrected chi connectivity index (χ4v) is 2.26. The van der Waals surface area contributed by atoms with Crippen molar-refractivity contribution in [3.8, 4) is 0 Å². The normalized spacial score (nSPS) is 11.9. The lowest BCUT2D eigenvalue weighted by atomic mass is 10.1. The highest BCUT2D eigenvalue weighted by atomic mass is 16.1. The maximum Gasteiger partial charge on any atom is 0.329 e. The molecule has 4 heteroatoms. The van der Waals surface area contributed by atoms with Crippen LogP contribution in [-0.2, 0) is 14.1 Å². The lowest BCUT2D eigenvalue weighted by Crippen LogP contribution is -2.36. The third-order valence-corrected chi connectivity index (χ3v) is 3.24. The van der Waals surface area contributed by atoms with Crippen molar-refractivity contribution in [1.29, 1.82) is 0 Å². The molecule has 0 aliphatic carbocycles. The van der Waals surface area contributed by atoms with Crippen LogP contribution in [0.1, 0.15) is 16.7 Å². The van der Waals surface area contributed by atoms with Crippen molar-refractivity contribution in [1.82, 2.24) is 9.13 Å². The van der Waals surface area contributed by atoms with E-state index >= 15 is 0 Å². The highest BCUT2D eigenvalue weighted by Gasteiger charge is 2.03. The SMILES string of the molecule is Cc1cc(C)c(/N=c2/ccn(C)c(=O)n2C)c(C)c1. The van der Waals surface area contributed by atoms with E-state index in [0.29, 0.717) is 5.49 Å². The highest BCUT2D eigenvalue weighted by molar-refractivity contribution is 5.53. The van der Waals surface area contributed by atoms with Crippen LogP contribution in [0, 0.1) is 20.8 Å².